The number of carbonyl (C=O) groups is 1. The first kappa shape index (κ1) is 15.9. The lowest BCUT2D eigenvalue weighted by Crippen LogP contribution is -2.44. The van der Waals surface area contributed by atoms with Crippen molar-refractivity contribution in [1.29, 1.82) is 0 Å². The average molecular weight is 311 g/mol. The van der Waals surface area contributed by atoms with E-state index in [1.165, 1.54) is 0 Å². The first-order valence-electron chi connectivity index (χ1n) is 7.02. The van der Waals surface area contributed by atoms with Gasteiger partial charge < -0.3 is 10.6 Å². The molecule has 0 spiro atoms. The SMILES string of the molecule is CS(=O)(=O)CCC(N)C(=O)N1CCCC1c1ccncc1. The smallest absolute Gasteiger partial charge is 0.240 e. The van der Waals surface area contributed by atoms with Gasteiger partial charge in [0.2, 0.25) is 5.91 Å². The van der Waals surface area contributed by atoms with Crippen molar-refractivity contribution in [2.75, 3.05) is 18.6 Å². The quantitative estimate of drug-likeness (QED) is 0.855. The van der Waals surface area contributed by atoms with Crippen molar-refractivity contribution in [3.05, 3.63) is 30.1 Å². The number of pyridine rings is 1. The number of likely N-dealkylation sites (tertiary alicyclic amines) is 1. The monoisotopic (exact) mass is 311 g/mol. The van der Waals surface area contributed by atoms with Crippen LogP contribution in [0, 0.1) is 0 Å². The van der Waals surface area contributed by atoms with Gasteiger partial charge in [-0.25, -0.2) is 8.42 Å². The molecule has 6 nitrogen and oxygen atoms in total. The molecule has 7 heteroatoms. The van der Waals surface area contributed by atoms with Crippen molar-refractivity contribution in [3.8, 4) is 0 Å². The molecule has 21 heavy (non-hydrogen) atoms. The molecule has 2 N–H and O–H groups in total. The van der Waals surface area contributed by atoms with Crippen LogP contribution in [0.5, 0.6) is 0 Å². The molecule has 2 unspecified atom stereocenters. The van der Waals surface area contributed by atoms with Crippen molar-refractivity contribution in [1.82, 2.24) is 9.88 Å². The van der Waals surface area contributed by atoms with Crippen LogP contribution in [0.15, 0.2) is 24.5 Å². The van der Waals surface area contributed by atoms with Crippen molar-refractivity contribution in [2.24, 2.45) is 5.73 Å². The Morgan fingerprint density at radius 2 is 2.14 bits per heavy atom. The van der Waals surface area contributed by atoms with Crippen LogP contribution < -0.4 is 5.73 Å². The molecule has 1 fully saturated rings. The molecule has 1 aliphatic heterocycles. The van der Waals surface area contributed by atoms with Gasteiger partial charge in [-0.3, -0.25) is 9.78 Å². The van der Waals surface area contributed by atoms with Crippen molar-refractivity contribution >= 4 is 15.7 Å². The van der Waals surface area contributed by atoms with Gasteiger partial charge in [-0.1, -0.05) is 0 Å². The minimum atomic E-state index is -3.10. The van der Waals surface area contributed by atoms with Crippen LogP contribution in [0.25, 0.3) is 0 Å². The lowest BCUT2D eigenvalue weighted by molar-refractivity contribution is -0.133. The molecule has 1 saturated heterocycles. The van der Waals surface area contributed by atoms with Crippen molar-refractivity contribution in [3.63, 3.8) is 0 Å². The van der Waals surface area contributed by atoms with E-state index in [9.17, 15) is 13.2 Å². The second kappa shape index (κ2) is 6.53. The Kier molecular flexibility index (Phi) is 4.95. The number of amides is 1. The summed E-state index contributed by atoms with van der Waals surface area (Å²) in [7, 11) is -3.10. The van der Waals surface area contributed by atoms with E-state index < -0.39 is 15.9 Å². The number of hydrogen-bond donors (Lipinski definition) is 1. The highest BCUT2D eigenvalue weighted by molar-refractivity contribution is 7.90. The molecule has 1 aliphatic rings. The molecule has 0 aliphatic carbocycles. The Balaban J connectivity index is 2.04. The third kappa shape index (κ3) is 4.25. The molecule has 0 radical (unpaired) electrons. The minimum Gasteiger partial charge on any atom is -0.334 e. The molecule has 116 valence electrons. The lowest BCUT2D eigenvalue weighted by atomic mass is 10.1. The van der Waals surface area contributed by atoms with E-state index in [0.717, 1.165) is 24.7 Å². The summed E-state index contributed by atoms with van der Waals surface area (Å²) in [5.74, 6) is -0.230. The van der Waals surface area contributed by atoms with Crippen LogP contribution in [-0.4, -0.2) is 48.8 Å². The van der Waals surface area contributed by atoms with Gasteiger partial charge in [0, 0.05) is 25.2 Å². The highest BCUT2D eigenvalue weighted by atomic mass is 32.2. The predicted octanol–water partition coefficient (Wildman–Crippen LogP) is 0.507. The Labute approximate surface area is 125 Å². The van der Waals surface area contributed by atoms with Gasteiger partial charge >= 0.3 is 0 Å². The fourth-order valence-electron chi connectivity index (χ4n) is 2.64. The number of hydrogen-bond acceptors (Lipinski definition) is 5. The molecular formula is C14H21N3O3S. The predicted molar refractivity (Wildman–Crippen MR) is 80.2 cm³/mol. The molecule has 2 atom stereocenters. The third-order valence-corrected chi connectivity index (χ3v) is 4.72. The molecular weight excluding hydrogens is 290 g/mol. The van der Waals surface area contributed by atoms with E-state index in [2.05, 4.69) is 4.98 Å². The first-order chi connectivity index (χ1) is 9.88. The van der Waals surface area contributed by atoms with E-state index in [4.69, 9.17) is 5.73 Å². The second-order valence-electron chi connectivity index (χ2n) is 5.50. The van der Waals surface area contributed by atoms with Gasteiger partial charge in [0.15, 0.2) is 0 Å². The van der Waals surface area contributed by atoms with Crippen LogP contribution in [0.1, 0.15) is 30.9 Å². The van der Waals surface area contributed by atoms with E-state index in [1.807, 2.05) is 12.1 Å². The van der Waals surface area contributed by atoms with Crippen molar-refractivity contribution < 1.29 is 13.2 Å². The molecule has 0 aromatic carbocycles. The summed E-state index contributed by atoms with van der Waals surface area (Å²) in [4.78, 5) is 18.2. The minimum absolute atomic E-state index is 0.0183. The van der Waals surface area contributed by atoms with Gasteiger partial charge in [-0.15, -0.1) is 0 Å². The average Bonchev–Trinajstić information content (AvgIpc) is 2.93. The molecule has 1 aromatic heterocycles. The van der Waals surface area contributed by atoms with Gasteiger partial charge in [0.25, 0.3) is 0 Å². The van der Waals surface area contributed by atoms with Crippen LogP contribution in [0.2, 0.25) is 0 Å². The van der Waals surface area contributed by atoms with Crippen LogP contribution >= 0.6 is 0 Å². The zero-order valence-electron chi connectivity index (χ0n) is 12.1. The fraction of sp³-hybridized carbons (Fsp3) is 0.571. The zero-order valence-corrected chi connectivity index (χ0v) is 12.9. The number of nitrogens with zero attached hydrogens (tertiary/aromatic N) is 2. The number of aromatic nitrogens is 1. The summed E-state index contributed by atoms with van der Waals surface area (Å²) in [6.07, 6.45) is 6.56. The van der Waals surface area contributed by atoms with E-state index in [1.54, 1.807) is 17.3 Å². The molecule has 0 saturated carbocycles. The van der Waals surface area contributed by atoms with E-state index in [-0.39, 0.29) is 24.1 Å². The Morgan fingerprint density at radius 1 is 1.48 bits per heavy atom. The topological polar surface area (TPSA) is 93.4 Å². The lowest BCUT2D eigenvalue weighted by Gasteiger charge is -2.27. The summed E-state index contributed by atoms with van der Waals surface area (Å²) in [6, 6.07) is 3.06. The summed E-state index contributed by atoms with van der Waals surface area (Å²) in [5.41, 5.74) is 6.92. The van der Waals surface area contributed by atoms with Gasteiger partial charge in [-0.2, -0.15) is 0 Å². The molecule has 0 bridgehead atoms. The standard InChI is InChI=1S/C14H21N3O3S/c1-21(19,20)10-6-12(15)14(18)17-9-2-3-13(17)11-4-7-16-8-5-11/h4-5,7-8,12-13H,2-3,6,9-10,15H2,1H3. The van der Waals surface area contributed by atoms with Gasteiger partial charge in [0.1, 0.15) is 9.84 Å². The molecule has 1 aromatic rings. The maximum atomic E-state index is 12.4. The number of sulfone groups is 1. The Morgan fingerprint density at radius 3 is 2.76 bits per heavy atom. The zero-order chi connectivity index (χ0) is 15.5. The van der Waals surface area contributed by atoms with Crippen molar-refractivity contribution in [2.45, 2.75) is 31.3 Å². The van der Waals surface area contributed by atoms with Crippen LogP contribution in [0.4, 0.5) is 0 Å². The maximum Gasteiger partial charge on any atom is 0.240 e. The maximum absolute atomic E-state index is 12.4. The van der Waals surface area contributed by atoms with Crippen LogP contribution in [0.3, 0.4) is 0 Å². The van der Waals surface area contributed by atoms with Crippen LogP contribution in [-0.2, 0) is 14.6 Å². The van der Waals surface area contributed by atoms with Gasteiger partial charge in [0.05, 0.1) is 17.8 Å². The molecule has 2 rings (SSSR count). The van der Waals surface area contributed by atoms with Gasteiger partial charge in [-0.05, 0) is 37.0 Å². The fourth-order valence-corrected chi connectivity index (χ4v) is 3.32. The highest BCUT2D eigenvalue weighted by Crippen LogP contribution is 2.31. The summed E-state index contributed by atoms with van der Waals surface area (Å²) >= 11 is 0. The normalized spacial score (nSPS) is 20.5. The second-order valence-corrected chi connectivity index (χ2v) is 7.76. The largest absolute Gasteiger partial charge is 0.334 e. The number of rotatable bonds is 5. The highest BCUT2D eigenvalue weighted by Gasteiger charge is 2.32. The molecule has 1 amide bonds. The Bertz CT molecular complexity index is 589. The summed E-state index contributed by atoms with van der Waals surface area (Å²) in [6.45, 7) is 0.665. The van der Waals surface area contributed by atoms with E-state index >= 15 is 0 Å². The first-order valence-corrected chi connectivity index (χ1v) is 9.08. The number of nitrogens with two attached hydrogens (primary N) is 1. The number of carbonyl (C=O) groups excluding carboxylic acids is 1. The third-order valence-electron chi connectivity index (χ3n) is 3.74. The summed E-state index contributed by atoms with van der Waals surface area (Å²) in [5, 5.41) is 0. The Hall–Kier alpha value is -1.47. The molecule has 2 heterocycles. The van der Waals surface area contributed by atoms with E-state index in [0.29, 0.717) is 6.54 Å². The summed E-state index contributed by atoms with van der Waals surface area (Å²) < 4.78 is 22.4.